The van der Waals surface area contributed by atoms with Crippen LogP contribution in [0.2, 0.25) is 0 Å². The number of alkyl halides is 3. The Kier molecular flexibility index (Phi) is 5.77. The molecule has 1 aromatic carbocycles. The molecule has 1 amide bonds. The Morgan fingerprint density at radius 1 is 1.14 bits per heavy atom. The second-order valence-electron chi connectivity index (χ2n) is 4.51. The number of carbonyl (C=O) groups excluding carboxylic acids is 1. The number of benzene rings is 1. The molecular formula is C13H16F3NO3S. The molecule has 0 spiro atoms. The van der Waals surface area contributed by atoms with Gasteiger partial charge in [0, 0.05) is 6.42 Å². The molecule has 1 N–H and O–H groups in total. The molecule has 0 aliphatic rings. The highest BCUT2D eigenvalue weighted by Gasteiger charge is 2.30. The third kappa shape index (κ3) is 5.37. The summed E-state index contributed by atoms with van der Waals surface area (Å²) in [6, 6.07) is 2.97. The monoisotopic (exact) mass is 323 g/mol. The van der Waals surface area contributed by atoms with E-state index in [9.17, 15) is 26.4 Å². The van der Waals surface area contributed by atoms with Crippen LogP contribution in [0.15, 0.2) is 29.2 Å². The number of hydrogen-bond acceptors (Lipinski definition) is 3. The molecule has 0 saturated heterocycles. The van der Waals surface area contributed by atoms with Gasteiger partial charge in [0.05, 0.1) is 10.5 Å². The molecule has 0 radical (unpaired) electrons. The molecule has 0 aliphatic carbocycles. The van der Waals surface area contributed by atoms with Gasteiger partial charge in [-0.25, -0.2) is 13.1 Å². The van der Waals surface area contributed by atoms with Crippen LogP contribution in [0.4, 0.5) is 13.2 Å². The van der Waals surface area contributed by atoms with Crippen molar-refractivity contribution >= 4 is 15.9 Å². The molecular weight excluding hydrogens is 307 g/mol. The first-order valence-corrected chi connectivity index (χ1v) is 7.88. The van der Waals surface area contributed by atoms with Crippen molar-refractivity contribution in [1.29, 1.82) is 0 Å². The predicted octanol–water partition coefficient (Wildman–Crippen LogP) is 3.09. The Balaban J connectivity index is 2.77. The summed E-state index contributed by atoms with van der Waals surface area (Å²) in [7, 11) is -4.13. The second-order valence-corrected chi connectivity index (χ2v) is 6.19. The fraction of sp³-hybridized carbons (Fsp3) is 0.462. The molecule has 21 heavy (non-hydrogen) atoms. The molecule has 8 heteroatoms. The molecule has 0 fully saturated rings. The number of unbranched alkanes of at least 4 members (excludes halogenated alkanes) is 2. The molecule has 0 atom stereocenters. The number of hydrogen-bond donors (Lipinski definition) is 1. The average molecular weight is 323 g/mol. The van der Waals surface area contributed by atoms with Gasteiger partial charge in [0.1, 0.15) is 0 Å². The fourth-order valence-electron chi connectivity index (χ4n) is 1.62. The van der Waals surface area contributed by atoms with E-state index in [1.807, 2.05) is 11.6 Å². The summed E-state index contributed by atoms with van der Waals surface area (Å²) in [6.45, 7) is 1.94. The highest BCUT2D eigenvalue weighted by Crippen LogP contribution is 2.29. The van der Waals surface area contributed by atoms with Crippen LogP contribution in [0, 0.1) is 0 Å². The Labute approximate surface area is 121 Å². The zero-order chi connectivity index (χ0) is 16.1. The van der Waals surface area contributed by atoms with Gasteiger partial charge in [-0.15, -0.1) is 0 Å². The standard InChI is InChI=1S/C13H16F3NO3S/c1-2-3-4-5-12(18)17-21(19,20)11-8-6-10(7-9-11)13(14,15)16/h6-9H,2-5H2,1H3,(H,17,18). The minimum absolute atomic E-state index is 0.0632. The van der Waals surface area contributed by atoms with E-state index in [0.717, 1.165) is 25.0 Å². The lowest BCUT2D eigenvalue weighted by Crippen LogP contribution is -2.30. The molecule has 0 aliphatic heterocycles. The largest absolute Gasteiger partial charge is 0.416 e. The molecule has 1 aromatic rings. The third-order valence-electron chi connectivity index (χ3n) is 2.75. The summed E-state index contributed by atoms with van der Waals surface area (Å²) >= 11 is 0. The number of rotatable bonds is 6. The maximum atomic E-state index is 12.4. The number of sulfonamides is 1. The first-order valence-electron chi connectivity index (χ1n) is 6.39. The maximum absolute atomic E-state index is 12.4. The highest BCUT2D eigenvalue weighted by molar-refractivity contribution is 7.90. The van der Waals surface area contributed by atoms with Crippen molar-refractivity contribution in [2.45, 2.75) is 43.7 Å². The maximum Gasteiger partial charge on any atom is 0.416 e. The van der Waals surface area contributed by atoms with Crippen molar-refractivity contribution in [1.82, 2.24) is 4.72 Å². The molecule has 118 valence electrons. The van der Waals surface area contributed by atoms with Crippen LogP contribution in [0.25, 0.3) is 0 Å². The van der Waals surface area contributed by atoms with E-state index in [4.69, 9.17) is 0 Å². The second kappa shape index (κ2) is 6.93. The predicted molar refractivity (Wildman–Crippen MR) is 70.9 cm³/mol. The van der Waals surface area contributed by atoms with Crippen molar-refractivity contribution in [2.75, 3.05) is 0 Å². The summed E-state index contributed by atoms with van der Waals surface area (Å²) < 4.78 is 62.6. The van der Waals surface area contributed by atoms with Gasteiger partial charge in [0.25, 0.3) is 10.0 Å². The van der Waals surface area contributed by atoms with Gasteiger partial charge in [-0.2, -0.15) is 13.2 Å². The molecule has 0 saturated carbocycles. The topological polar surface area (TPSA) is 63.2 Å². The first-order chi connectivity index (χ1) is 9.66. The van der Waals surface area contributed by atoms with Gasteiger partial charge in [-0.1, -0.05) is 19.8 Å². The number of nitrogens with one attached hydrogen (secondary N) is 1. The lowest BCUT2D eigenvalue weighted by Gasteiger charge is -2.09. The van der Waals surface area contributed by atoms with Crippen LogP contribution in [-0.4, -0.2) is 14.3 Å². The van der Waals surface area contributed by atoms with E-state index in [0.29, 0.717) is 18.6 Å². The number of amides is 1. The minimum atomic E-state index is -4.54. The molecule has 0 aromatic heterocycles. The van der Waals surface area contributed by atoms with Crippen LogP contribution in [0.1, 0.15) is 38.2 Å². The Morgan fingerprint density at radius 3 is 2.19 bits per heavy atom. The smallest absolute Gasteiger partial charge is 0.274 e. The first kappa shape index (κ1) is 17.5. The minimum Gasteiger partial charge on any atom is -0.274 e. The number of carbonyl (C=O) groups is 1. The van der Waals surface area contributed by atoms with Crippen LogP contribution in [-0.2, 0) is 21.0 Å². The van der Waals surface area contributed by atoms with Gasteiger partial charge in [-0.05, 0) is 30.7 Å². The van der Waals surface area contributed by atoms with E-state index >= 15 is 0 Å². The fourth-order valence-corrected chi connectivity index (χ4v) is 2.63. The van der Waals surface area contributed by atoms with Crippen molar-refractivity contribution in [3.05, 3.63) is 29.8 Å². The summed E-state index contributed by atoms with van der Waals surface area (Å²) in [4.78, 5) is 11.1. The Bertz CT molecular complexity index is 580. The van der Waals surface area contributed by atoms with Crippen LogP contribution in [0.5, 0.6) is 0 Å². The van der Waals surface area contributed by atoms with Gasteiger partial charge in [0.15, 0.2) is 0 Å². The molecule has 4 nitrogen and oxygen atoms in total. The molecule has 0 unspecified atom stereocenters. The SMILES string of the molecule is CCCCCC(=O)NS(=O)(=O)c1ccc(C(F)(F)F)cc1. The third-order valence-corrected chi connectivity index (χ3v) is 4.14. The van der Waals surface area contributed by atoms with Gasteiger partial charge >= 0.3 is 6.18 Å². The van der Waals surface area contributed by atoms with Crippen molar-refractivity contribution < 1.29 is 26.4 Å². The van der Waals surface area contributed by atoms with Crippen molar-refractivity contribution in [3.8, 4) is 0 Å². The lowest BCUT2D eigenvalue weighted by atomic mass is 10.2. The summed E-state index contributed by atoms with van der Waals surface area (Å²) in [5.74, 6) is -0.664. The summed E-state index contributed by atoms with van der Waals surface area (Å²) in [5, 5.41) is 0. The van der Waals surface area contributed by atoms with Crippen LogP contribution in [0.3, 0.4) is 0 Å². The summed E-state index contributed by atoms with van der Waals surface area (Å²) in [6.07, 6.45) is -2.23. The van der Waals surface area contributed by atoms with Gasteiger partial charge in [-0.3, -0.25) is 4.79 Å². The summed E-state index contributed by atoms with van der Waals surface area (Å²) in [5.41, 5.74) is -0.948. The average Bonchev–Trinajstić information content (AvgIpc) is 2.37. The van der Waals surface area contributed by atoms with E-state index < -0.39 is 27.7 Å². The van der Waals surface area contributed by atoms with Crippen LogP contribution >= 0.6 is 0 Å². The molecule has 0 heterocycles. The van der Waals surface area contributed by atoms with Crippen LogP contribution < -0.4 is 4.72 Å². The van der Waals surface area contributed by atoms with Gasteiger partial charge < -0.3 is 0 Å². The van der Waals surface area contributed by atoms with Crippen molar-refractivity contribution in [3.63, 3.8) is 0 Å². The quantitative estimate of drug-likeness (QED) is 0.818. The van der Waals surface area contributed by atoms with E-state index in [1.165, 1.54) is 0 Å². The van der Waals surface area contributed by atoms with Gasteiger partial charge in [0.2, 0.25) is 5.91 Å². The van der Waals surface area contributed by atoms with E-state index in [2.05, 4.69) is 0 Å². The Hall–Kier alpha value is -1.57. The zero-order valence-corrected chi connectivity index (χ0v) is 12.2. The zero-order valence-electron chi connectivity index (χ0n) is 11.4. The normalized spacial score (nSPS) is 12.2. The lowest BCUT2D eigenvalue weighted by molar-refractivity contribution is -0.137. The Morgan fingerprint density at radius 2 is 1.71 bits per heavy atom. The highest BCUT2D eigenvalue weighted by atomic mass is 32.2. The molecule has 1 rings (SSSR count). The van der Waals surface area contributed by atoms with E-state index in [1.54, 1.807) is 0 Å². The molecule has 0 bridgehead atoms. The van der Waals surface area contributed by atoms with Crippen molar-refractivity contribution in [2.24, 2.45) is 0 Å². The van der Waals surface area contributed by atoms with E-state index in [-0.39, 0.29) is 11.3 Å². The number of halogens is 3.